The summed E-state index contributed by atoms with van der Waals surface area (Å²) < 4.78 is 0. The van der Waals surface area contributed by atoms with Gasteiger partial charge in [0, 0.05) is 14.5 Å². The van der Waals surface area contributed by atoms with Gasteiger partial charge in [-0.2, -0.15) is 0 Å². The Bertz CT molecular complexity index is 243. The molecule has 0 N–H and O–H groups in total. The van der Waals surface area contributed by atoms with E-state index >= 15 is 0 Å². The van der Waals surface area contributed by atoms with Gasteiger partial charge in [-0.3, -0.25) is 4.79 Å². The molecule has 0 aromatic rings. The van der Waals surface area contributed by atoms with E-state index in [2.05, 4.69) is 25.7 Å². The molecule has 0 saturated heterocycles. The molecule has 0 fully saturated rings. The first kappa shape index (κ1) is 9.45. The van der Waals surface area contributed by atoms with Gasteiger partial charge in [-0.1, -0.05) is 31.8 Å². The van der Waals surface area contributed by atoms with Crippen LogP contribution in [0.15, 0.2) is 23.8 Å². The number of carbonyl (C=O) groups is 1. The van der Waals surface area contributed by atoms with Crippen molar-refractivity contribution in [1.29, 1.82) is 0 Å². The topological polar surface area (TPSA) is 17.1 Å². The van der Waals surface area contributed by atoms with Gasteiger partial charge < -0.3 is 0 Å². The molecule has 1 aliphatic rings. The molecule has 66 valence electrons. The molecule has 0 aromatic heterocycles. The van der Waals surface area contributed by atoms with Crippen LogP contribution in [-0.4, -0.2) is 13.9 Å². The van der Waals surface area contributed by atoms with Crippen LogP contribution in [0.25, 0.3) is 0 Å². The van der Waals surface area contributed by atoms with Crippen LogP contribution in [0.5, 0.6) is 0 Å². The van der Waals surface area contributed by atoms with Crippen LogP contribution in [0.3, 0.4) is 0 Å². The van der Waals surface area contributed by atoms with Gasteiger partial charge >= 0.3 is 0 Å². The number of carbonyl (C=O) groups excluding carboxylic acids is 1. The highest BCUT2D eigenvalue weighted by molar-refractivity contribution is 6.76. The lowest BCUT2D eigenvalue weighted by molar-refractivity contribution is -0.113. The molecule has 2 heteroatoms. The van der Waals surface area contributed by atoms with Gasteiger partial charge in [-0.25, -0.2) is 0 Å². The Hall–Kier alpha value is -0.633. The maximum atomic E-state index is 10.9. The second-order valence-corrected chi connectivity index (χ2v) is 10.0. The largest absolute Gasteiger partial charge is 0.294 e. The van der Waals surface area contributed by atoms with Gasteiger partial charge in [0.2, 0.25) is 0 Å². The van der Waals surface area contributed by atoms with Crippen LogP contribution >= 0.6 is 0 Å². The summed E-state index contributed by atoms with van der Waals surface area (Å²) >= 11 is 0. The van der Waals surface area contributed by atoms with Crippen molar-refractivity contribution in [3.63, 3.8) is 0 Å². The highest BCUT2D eigenvalue weighted by atomic mass is 28.3. The molecule has 1 rings (SSSR count). The van der Waals surface area contributed by atoms with Crippen LogP contribution in [0.4, 0.5) is 0 Å². The van der Waals surface area contributed by atoms with Gasteiger partial charge in [-0.05, 0) is 17.7 Å². The van der Waals surface area contributed by atoms with Crippen LogP contribution in [0, 0.1) is 0 Å². The molecule has 0 atom stereocenters. The number of hydrogen-bond acceptors (Lipinski definition) is 1. The summed E-state index contributed by atoms with van der Waals surface area (Å²) in [4.78, 5) is 10.9. The van der Waals surface area contributed by atoms with Crippen LogP contribution in [0.1, 0.15) is 6.42 Å². The molecule has 0 aromatic carbocycles. The standard InChI is InChI=1S/C10H16OSi/c1-12(2,3)7-6-9-4-5-10(11)8-9/h4-6H,7-8H2,1-3H3/b9-6-. The fourth-order valence-corrected chi connectivity index (χ4v) is 1.97. The average molecular weight is 180 g/mol. The molecule has 0 amide bonds. The molecular weight excluding hydrogens is 164 g/mol. The Labute approximate surface area is 75.2 Å². The van der Waals surface area contributed by atoms with Crippen molar-refractivity contribution >= 4 is 13.9 Å². The molecule has 1 nitrogen and oxygen atoms in total. The van der Waals surface area contributed by atoms with Gasteiger partial charge in [-0.15, -0.1) is 0 Å². The van der Waals surface area contributed by atoms with Crippen molar-refractivity contribution in [3.8, 4) is 0 Å². The minimum absolute atomic E-state index is 0.247. The summed E-state index contributed by atoms with van der Waals surface area (Å²) in [6.45, 7) is 7.01. The molecule has 0 unspecified atom stereocenters. The van der Waals surface area contributed by atoms with E-state index < -0.39 is 8.07 Å². The monoisotopic (exact) mass is 180 g/mol. The summed E-state index contributed by atoms with van der Waals surface area (Å²) in [7, 11) is -0.968. The summed E-state index contributed by atoms with van der Waals surface area (Å²) in [5, 5.41) is 0. The van der Waals surface area contributed by atoms with Gasteiger partial charge in [0.05, 0.1) is 0 Å². The maximum Gasteiger partial charge on any atom is 0.160 e. The molecule has 0 heterocycles. The third kappa shape index (κ3) is 3.18. The summed E-state index contributed by atoms with van der Waals surface area (Å²) in [5.41, 5.74) is 1.21. The van der Waals surface area contributed by atoms with Crippen molar-refractivity contribution in [1.82, 2.24) is 0 Å². The Balaban J connectivity index is 2.50. The first-order valence-electron chi connectivity index (χ1n) is 4.37. The smallest absolute Gasteiger partial charge is 0.160 e. The van der Waals surface area contributed by atoms with E-state index in [9.17, 15) is 4.79 Å². The van der Waals surface area contributed by atoms with E-state index in [-0.39, 0.29) is 5.78 Å². The highest BCUT2D eigenvalue weighted by Crippen LogP contribution is 2.17. The number of hydrogen-bond donors (Lipinski definition) is 0. The Morgan fingerprint density at radius 3 is 2.50 bits per heavy atom. The second-order valence-electron chi connectivity index (χ2n) is 4.52. The Morgan fingerprint density at radius 2 is 2.08 bits per heavy atom. The lowest BCUT2D eigenvalue weighted by atomic mass is 10.2. The van der Waals surface area contributed by atoms with Crippen molar-refractivity contribution in [2.45, 2.75) is 32.1 Å². The lowest BCUT2D eigenvalue weighted by Gasteiger charge is -2.12. The van der Waals surface area contributed by atoms with Gasteiger partial charge in [0.1, 0.15) is 0 Å². The van der Waals surface area contributed by atoms with E-state index in [0.717, 1.165) is 0 Å². The van der Waals surface area contributed by atoms with E-state index in [1.165, 1.54) is 11.6 Å². The average Bonchev–Trinajstić information content (AvgIpc) is 2.30. The van der Waals surface area contributed by atoms with Gasteiger partial charge in [0.15, 0.2) is 5.78 Å². The SMILES string of the molecule is C[Si](C)(C)C/C=C1/C=CC(=O)C1. The zero-order chi connectivity index (χ0) is 9.19. The molecule has 12 heavy (non-hydrogen) atoms. The molecule has 0 spiro atoms. The minimum Gasteiger partial charge on any atom is -0.294 e. The molecule has 0 radical (unpaired) electrons. The quantitative estimate of drug-likeness (QED) is 0.597. The molecule has 1 aliphatic carbocycles. The number of allylic oxidation sites excluding steroid dienone is 4. The van der Waals surface area contributed by atoms with E-state index in [4.69, 9.17) is 0 Å². The molecule has 0 saturated carbocycles. The Kier molecular flexibility index (Phi) is 2.68. The van der Waals surface area contributed by atoms with Crippen LogP contribution in [0.2, 0.25) is 25.7 Å². The zero-order valence-electron chi connectivity index (χ0n) is 8.05. The minimum atomic E-state index is -0.968. The van der Waals surface area contributed by atoms with Crippen LogP contribution in [-0.2, 0) is 4.79 Å². The first-order chi connectivity index (χ1) is 5.47. The highest BCUT2D eigenvalue weighted by Gasteiger charge is 2.13. The maximum absolute atomic E-state index is 10.9. The lowest BCUT2D eigenvalue weighted by Crippen LogP contribution is -2.17. The van der Waals surface area contributed by atoms with Gasteiger partial charge in [0.25, 0.3) is 0 Å². The zero-order valence-corrected chi connectivity index (χ0v) is 9.05. The second kappa shape index (κ2) is 3.40. The van der Waals surface area contributed by atoms with Crippen molar-refractivity contribution in [3.05, 3.63) is 23.8 Å². The predicted octanol–water partition coefficient (Wildman–Crippen LogP) is 2.78. The fourth-order valence-electron chi connectivity index (χ4n) is 1.10. The third-order valence-electron chi connectivity index (χ3n) is 1.84. The van der Waals surface area contributed by atoms with Crippen molar-refractivity contribution < 1.29 is 4.79 Å². The summed E-state index contributed by atoms with van der Waals surface area (Å²) in [6.07, 6.45) is 6.48. The van der Waals surface area contributed by atoms with Crippen LogP contribution < -0.4 is 0 Å². The molecule has 0 bridgehead atoms. The molecule has 0 aliphatic heterocycles. The number of ketones is 1. The fraction of sp³-hybridized carbons (Fsp3) is 0.500. The number of rotatable bonds is 2. The summed E-state index contributed by atoms with van der Waals surface area (Å²) in [5.74, 6) is 0.247. The third-order valence-corrected chi connectivity index (χ3v) is 3.27. The van der Waals surface area contributed by atoms with E-state index in [0.29, 0.717) is 6.42 Å². The van der Waals surface area contributed by atoms with Crippen molar-refractivity contribution in [2.24, 2.45) is 0 Å². The van der Waals surface area contributed by atoms with Crippen molar-refractivity contribution in [2.75, 3.05) is 0 Å². The predicted molar refractivity (Wildman–Crippen MR) is 55.0 cm³/mol. The normalized spacial score (nSPS) is 20.9. The first-order valence-corrected chi connectivity index (χ1v) is 8.08. The summed E-state index contributed by atoms with van der Waals surface area (Å²) in [6, 6.07) is 1.18. The van der Waals surface area contributed by atoms with E-state index in [1.54, 1.807) is 6.08 Å². The molecular formula is C10H16OSi. The van der Waals surface area contributed by atoms with E-state index in [1.807, 2.05) is 6.08 Å². The Morgan fingerprint density at radius 1 is 1.42 bits per heavy atom.